The lowest BCUT2D eigenvalue weighted by Gasteiger charge is -2.31. The molecule has 0 saturated heterocycles. The minimum absolute atomic E-state index is 0.0531. The van der Waals surface area contributed by atoms with Gasteiger partial charge < -0.3 is 19.5 Å². The number of fused-ring (bicyclic) bond motifs is 1. The van der Waals surface area contributed by atoms with E-state index in [-0.39, 0.29) is 12.0 Å². The van der Waals surface area contributed by atoms with Crippen LogP contribution in [0.5, 0.6) is 11.5 Å². The summed E-state index contributed by atoms with van der Waals surface area (Å²) in [6.45, 7) is 4.33. The summed E-state index contributed by atoms with van der Waals surface area (Å²) >= 11 is 0. The van der Waals surface area contributed by atoms with Crippen LogP contribution in [0.4, 0.5) is 0 Å². The van der Waals surface area contributed by atoms with Gasteiger partial charge in [-0.15, -0.1) is 0 Å². The molecule has 1 aliphatic heterocycles. The Morgan fingerprint density at radius 3 is 2.57 bits per heavy atom. The van der Waals surface area contributed by atoms with E-state index in [1.807, 2.05) is 19.1 Å². The van der Waals surface area contributed by atoms with Gasteiger partial charge in [-0.2, -0.15) is 0 Å². The van der Waals surface area contributed by atoms with E-state index >= 15 is 0 Å². The molecule has 2 rings (SSSR count). The van der Waals surface area contributed by atoms with Gasteiger partial charge in [-0.1, -0.05) is 0 Å². The van der Waals surface area contributed by atoms with E-state index in [4.69, 9.17) is 14.2 Å². The van der Waals surface area contributed by atoms with Gasteiger partial charge in [0.2, 0.25) is 0 Å². The molecule has 1 aliphatic rings. The van der Waals surface area contributed by atoms with Crippen LogP contribution in [0.15, 0.2) is 12.1 Å². The third kappa shape index (κ3) is 3.47. The number of methoxy groups -OCH3 is 2. The Balaban J connectivity index is 2.33. The first-order chi connectivity index (χ1) is 10.1. The number of nitrogens with one attached hydrogen (secondary N) is 1. The highest BCUT2D eigenvalue weighted by Gasteiger charge is 2.28. The quantitative estimate of drug-likeness (QED) is 0.844. The fourth-order valence-electron chi connectivity index (χ4n) is 2.82. The third-order valence-electron chi connectivity index (χ3n) is 3.71. The van der Waals surface area contributed by atoms with E-state index in [1.54, 1.807) is 14.2 Å². The predicted molar refractivity (Wildman–Crippen MR) is 79.8 cm³/mol. The fraction of sp³-hybridized carbons (Fsp3) is 0.562. The van der Waals surface area contributed by atoms with Crippen LogP contribution in [0.2, 0.25) is 0 Å². The number of rotatable bonds is 5. The fourth-order valence-corrected chi connectivity index (χ4v) is 2.82. The SMILES string of the molecule is CCOC(=O)C[C@H]1N[C@H](C)Cc2cc(OC)c(OC)cc21. The summed E-state index contributed by atoms with van der Waals surface area (Å²) < 4.78 is 15.8. The van der Waals surface area contributed by atoms with Gasteiger partial charge in [0, 0.05) is 12.1 Å². The summed E-state index contributed by atoms with van der Waals surface area (Å²) in [6, 6.07) is 4.21. The Morgan fingerprint density at radius 1 is 1.29 bits per heavy atom. The van der Waals surface area contributed by atoms with Crippen LogP contribution in [0.1, 0.15) is 37.4 Å². The van der Waals surface area contributed by atoms with Crippen molar-refractivity contribution >= 4 is 5.97 Å². The number of benzene rings is 1. The number of esters is 1. The molecular formula is C16H23NO4. The number of carbonyl (C=O) groups is 1. The van der Waals surface area contributed by atoms with E-state index in [2.05, 4.69) is 12.2 Å². The molecule has 1 aromatic carbocycles. The lowest BCUT2D eigenvalue weighted by Crippen LogP contribution is -2.38. The zero-order valence-corrected chi connectivity index (χ0v) is 13.1. The Morgan fingerprint density at radius 2 is 1.95 bits per heavy atom. The molecule has 0 unspecified atom stereocenters. The second-order valence-corrected chi connectivity index (χ2v) is 5.24. The summed E-state index contributed by atoms with van der Waals surface area (Å²) in [6.07, 6.45) is 1.22. The molecule has 1 heterocycles. The molecule has 0 spiro atoms. The molecule has 21 heavy (non-hydrogen) atoms. The van der Waals surface area contributed by atoms with E-state index in [9.17, 15) is 4.79 Å². The zero-order valence-electron chi connectivity index (χ0n) is 13.1. The standard InChI is InChI=1S/C16H23NO4/c1-5-21-16(18)9-13-12-8-15(20-4)14(19-3)7-11(12)6-10(2)17-13/h7-8,10,13,17H,5-6,9H2,1-4H3/t10-,13-/m1/s1. The summed E-state index contributed by atoms with van der Waals surface area (Å²) in [5.74, 6) is 1.21. The van der Waals surface area contributed by atoms with Crippen molar-refractivity contribution in [2.75, 3.05) is 20.8 Å². The molecule has 0 aliphatic carbocycles. The molecule has 2 atom stereocenters. The van der Waals surface area contributed by atoms with Crippen molar-refractivity contribution in [3.05, 3.63) is 23.3 Å². The molecule has 5 heteroatoms. The minimum Gasteiger partial charge on any atom is -0.493 e. The minimum atomic E-state index is -0.190. The molecular weight excluding hydrogens is 270 g/mol. The molecule has 0 fully saturated rings. The highest BCUT2D eigenvalue weighted by Crippen LogP contribution is 2.37. The van der Waals surface area contributed by atoms with Crippen molar-refractivity contribution in [1.82, 2.24) is 5.32 Å². The Hall–Kier alpha value is -1.75. The van der Waals surface area contributed by atoms with E-state index in [1.165, 1.54) is 5.56 Å². The lowest BCUT2D eigenvalue weighted by molar-refractivity contribution is -0.143. The molecule has 0 aromatic heterocycles. The number of ether oxygens (including phenoxy) is 3. The molecule has 0 amide bonds. The van der Waals surface area contributed by atoms with Crippen LogP contribution in [-0.4, -0.2) is 32.8 Å². The second kappa shape index (κ2) is 6.80. The largest absolute Gasteiger partial charge is 0.493 e. The maximum Gasteiger partial charge on any atom is 0.307 e. The predicted octanol–water partition coefficient (Wildman–Crippen LogP) is 2.23. The van der Waals surface area contributed by atoms with E-state index < -0.39 is 0 Å². The summed E-state index contributed by atoms with van der Waals surface area (Å²) in [7, 11) is 3.24. The molecule has 116 valence electrons. The maximum atomic E-state index is 11.8. The lowest BCUT2D eigenvalue weighted by atomic mass is 9.88. The van der Waals surface area contributed by atoms with Crippen molar-refractivity contribution in [2.24, 2.45) is 0 Å². The maximum absolute atomic E-state index is 11.8. The normalized spacial score (nSPS) is 20.6. The molecule has 1 N–H and O–H groups in total. The summed E-state index contributed by atoms with van der Waals surface area (Å²) in [4.78, 5) is 11.8. The molecule has 0 saturated carbocycles. The first-order valence-corrected chi connectivity index (χ1v) is 7.25. The highest BCUT2D eigenvalue weighted by atomic mass is 16.5. The molecule has 0 bridgehead atoms. The summed E-state index contributed by atoms with van der Waals surface area (Å²) in [5.41, 5.74) is 2.27. The number of carbonyl (C=O) groups excluding carboxylic acids is 1. The monoisotopic (exact) mass is 293 g/mol. The molecule has 5 nitrogen and oxygen atoms in total. The van der Waals surface area contributed by atoms with E-state index in [0.29, 0.717) is 24.8 Å². The van der Waals surface area contributed by atoms with Crippen LogP contribution in [0.3, 0.4) is 0 Å². The van der Waals surface area contributed by atoms with Gasteiger partial charge in [0.05, 0.1) is 27.2 Å². The van der Waals surface area contributed by atoms with Crippen LogP contribution < -0.4 is 14.8 Å². The zero-order chi connectivity index (χ0) is 15.4. The van der Waals surface area contributed by atoms with Gasteiger partial charge in [0.1, 0.15) is 0 Å². The van der Waals surface area contributed by atoms with E-state index in [0.717, 1.165) is 17.7 Å². The van der Waals surface area contributed by atoms with Crippen molar-refractivity contribution in [2.45, 2.75) is 38.8 Å². The van der Waals surface area contributed by atoms with Crippen LogP contribution >= 0.6 is 0 Å². The van der Waals surface area contributed by atoms with Gasteiger partial charge in [-0.05, 0) is 43.5 Å². The number of hydrogen-bond donors (Lipinski definition) is 1. The van der Waals surface area contributed by atoms with Crippen molar-refractivity contribution < 1.29 is 19.0 Å². The Kier molecular flexibility index (Phi) is 5.07. The number of hydrogen-bond acceptors (Lipinski definition) is 5. The Bertz CT molecular complexity index is 515. The van der Waals surface area contributed by atoms with Gasteiger partial charge >= 0.3 is 5.97 Å². The summed E-state index contributed by atoms with van der Waals surface area (Å²) in [5, 5.41) is 3.45. The molecule has 1 aromatic rings. The van der Waals surface area contributed by atoms with Crippen molar-refractivity contribution in [3.63, 3.8) is 0 Å². The van der Waals surface area contributed by atoms with Crippen molar-refractivity contribution in [3.8, 4) is 11.5 Å². The average molecular weight is 293 g/mol. The topological polar surface area (TPSA) is 56.8 Å². The second-order valence-electron chi connectivity index (χ2n) is 5.24. The molecule has 0 radical (unpaired) electrons. The van der Waals surface area contributed by atoms with Crippen LogP contribution in [0.25, 0.3) is 0 Å². The highest BCUT2D eigenvalue weighted by molar-refractivity contribution is 5.71. The van der Waals surface area contributed by atoms with Crippen LogP contribution in [-0.2, 0) is 16.0 Å². The average Bonchev–Trinajstić information content (AvgIpc) is 2.46. The smallest absolute Gasteiger partial charge is 0.307 e. The van der Waals surface area contributed by atoms with Crippen molar-refractivity contribution in [1.29, 1.82) is 0 Å². The van der Waals surface area contributed by atoms with Gasteiger partial charge in [-0.3, -0.25) is 4.79 Å². The van der Waals surface area contributed by atoms with Gasteiger partial charge in [0.25, 0.3) is 0 Å². The van der Waals surface area contributed by atoms with Gasteiger partial charge in [-0.25, -0.2) is 0 Å². The van der Waals surface area contributed by atoms with Gasteiger partial charge in [0.15, 0.2) is 11.5 Å². The first kappa shape index (κ1) is 15.6. The Labute approximate surface area is 125 Å². The first-order valence-electron chi connectivity index (χ1n) is 7.25. The third-order valence-corrected chi connectivity index (χ3v) is 3.71. The van der Waals surface area contributed by atoms with Crippen LogP contribution in [0, 0.1) is 0 Å².